The van der Waals surface area contributed by atoms with Crippen LogP contribution in [0.2, 0.25) is 0 Å². The van der Waals surface area contributed by atoms with Gasteiger partial charge in [0, 0.05) is 30.5 Å². The zero-order chi connectivity index (χ0) is 21.0. The Labute approximate surface area is 175 Å². The van der Waals surface area contributed by atoms with Crippen LogP contribution in [-0.4, -0.2) is 31.5 Å². The van der Waals surface area contributed by atoms with E-state index in [-0.39, 0.29) is 4.90 Å². The van der Waals surface area contributed by atoms with Gasteiger partial charge in [-0.15, -0.1) is 0 Å². The predicted molar refractivity (Wildman–Crippen MR) is 115 cm³/mol. The summed E-state index contributed by atoms with van der Waals surface area (Å²) in [5.74, 6) is 1.03. The van der Waals surface area contributed by atoms with Crippen LogP contribution in [0.25, 0.3) is 11.1 Å². The van der Waals surface area contributed by atoms with Gasteiger partial charge in [0.25, 0.3) is 0 Å². The van der Waals surface area contributed by atoms with Gasteiger partial charge in [0.2, 0.25) is 16.0 Å². The number of aromatic nitrogens is 2. The van der Waals surface area contributed by atoms with E-state index in [1.54, 1.807) is 42.6 Å². The molecular weight excluding hydrogens is 400 g/mol. The molecule has 0 spiro atoms. The molecule has 0 aliphatic carbocycles. The maximum absolute atomic E-state index is 12.5. The van der Waals surface area contributed by atoms with Crippen molar-refractivity contribution < 1.29 is 8.42 Å². The average molecular weight is 420 g/mol. The lowest BCUT2D eigenvalue weighted by atomic mass is 10.1. The Bertz CT molecular complexity index is 1200. The molecule has 0 unspecified atom stereocenters. The molecule has 3 N–H and O–H groups in total. The average Bonchev–Trinajstić information content (AvgIpc) is 2.76. The van der Waals surface area contributed by atoms with Crippen molar-refractivity contribution in [2.75, 3.05) is 23.7 Å². The lowest BCUT2D eigenvalue weighted by molar-refractivity contribution is 0.577. The molecule has 3 aromatic rings. The number of nitriles is 1. The fraction of sp³-hybridized carbons (Fsp3) is 0.190. The second-order valence-corrected chi connectivity index (χ2v) is 8.60. The predicted octanol–water partition coefficient (Wildman–Crippen LogP) is 3.24. The standard InChI is InChI=1S/C21H20N6O2S/c22-13-15-6-8-16(9-7-15)19-14-24-21-26-17-4-3-5-18(12-17)30(28,29)25-11-2-1-10-23-20(19)27-21/h3-9,12,14,25H,1-2,10-11H2,(H2,23,24,26,27). The van der Waals surface area contributed by atoms with Gasteiger partial charge in [0.1, 0.15) is 5.82 Å². The Hall–Kier alpha value is -3.48. The van der Waals surface area contributed by atoms with Gasteiger partial charge in [-0.05, 0) is 48.7 Å². The lowest BCUT2D eigenvalue weighted by Crippen LogP contribution is -2.25. The number of rotatable bonds is 1. The molecular formula is C21H20N6O2S. The van der Waals surface area contributed by atoms with Crippen LogP contribution in [0.5, 0.6) is 0 Å². The summed E-state index contributed by atoms with van der Waals surface area (Å²) in [6.45, 7) is 0.992. The van der Waals surface area contributed by atoms with E-state index in [2.05, 4.69) is 31.4 Å². The topological polar surface area (TPSA) is 120 Å². The summed E-state index contributed by atoms with van der Waals surface area (Å²) in [7, 11) is -3.56. The Morgan fingerprint density at radius 3 is 2.63 bits per heavy atom. The molecule has 1 aliphatic heterocycles. The molecule has 0 radical (unpaired) electrons. The maximum atomic E-state index is 12.5. The first-order valence-corrected chi connectivity index (χ1v) is 11.0. The second-order valence-electron chi connectivity index (χ2n) is 6.83. The third kappa shape index (κ3) is 4.40. The summed E-state index contributed by atoms with van der Waals surface area (Å²) in [6.07, 6.45) is 3.17. The molecule has 0 fully saturated rings. The highest BCUT2D eigenvalue weighted by atomic mass is 32.2. The van der Waals surface area contributed by atoms with Crippen LogP contribution in [0.4, 0.5) is 17.5 Å². The van der Waals surface area contributed by atoms with Crippen molar-refractivity contribution in [3.63, 3.8) is 0 Å². The van der Waals surface area contributed by atoms with Gasteiger partial charge in [0.05, 0.1) is 16.5 Å². The van der Waals surface area contributed by atoms with Gasteiger partial charge >= 0.3 is 0 Å². The number of nitrogens with zero attached hydrogens (tertiary/aromatic N) is 3. The Morgan fingerprint density at radius 1 is 1.03 bits per heavy atom. The number of hydrogen-bond acceptors (Lipinski definition) is 7. The molecule has 1 aliphatic rings. The van der Waals surface area contributed by atoms with Gasteiger partial charge < -0.3 is 10.6 Å². The molecule has 0 saturated heterocycles. The first kappa shape index (κ1) is 19.8. The smallest absolute Gasteiger partial charge is 0.240 e. The van der Waals surface area contributed by atoms with Crippen LogP contribution in [0.15, 0.2) is 59.6 Å². The van der Waals surface area contributed by atoms with E-state index in [1.807, 2.05) is 12.1 Å². The lowest BCUT2D eigenvalue weighted by Gasteiger charge is -2.15. The van der Waals surface area contributed by atoms with Crippen molar-refractivity contribution >= 4 is 27.5 Å². The first-order chi connectivity index (χ1) is 14.5. The quantitative estimate of drug-likeness (QED) is 0.553. The molecule has 30 heavy (non-hydrogen) atoms. The summed E-state index contributed by atoms with van der Waals surface area (Å²) in [6, 6.07) is 15.9. The van der Waals surface area contributed by atoms with Crippen molar-refractivity contribution in [3.05, 3.63) is 60.3 Å². The molecule has 8 nitrogen and oxygen atoms in total. The zero-order valence-electron chi connectivity index (χ0n) is 16.1. The van der Waals surface area contributed by atoms with Crippen LogP contribution in [0.3, 0.4) is 0 Å². The fourth-order valence-electron chi connectivity index (χ4n) is 3.13. The van der Waals surface area contributed by atoms with E-state index in [4.69, 9.17) is 5.26 Å². The monoisotopic (exact) mass is 420 g/mol. The van der Waals surface area contributed by atoms with E-state index in [9.17, 15) is 8.42 Å². The van der Waals surface area contributed by atoms with Gasteiger partial charge in [-0.3, -0.25) is 0 Å². The third-order valence-electron chi connectivity index (χ3n) is 4.70. The number of nitrogens with one attached hydrogen (secondary N) is 3. The molecule has 4 bridgehead atoms. The van der Waals surface area contributed by atoms with Crippen molar-refractivity contribution in [1.29, 1.82) is 5.26 Å². The number of fused-ring (bicyclic) bond motifs is 4. The summed E-state index contributed by atoms with van der Waals surface area (Å²) < 4.78 is 27.5. The van der Waals surface area contributed by atoms with Crippen LogP contribution < -0.4 is 15.4 Å². The number of hydrogen-bond donors (Lipinski definition) is 3. The minimum Gasteiger partial charge on any atom is -0.369 e. The summed E-state index contributed by atoms with van der Waals surface area (Å²) in [5, 5.41) is 15.4. The van der Waals surface area contributed by atoms with Crippen molar-refractivity contribution in [2.24, 2.45) is 0 Å². The molecule has 152 valence electrons. The van der Waals surface area contributed by atoms with Crippen molar-refractivity contribution in [1.82, 2.24) is 14.7 Å². The highest BCUT2D eigenvalue weighted by molar-refractivity contribution is 7.89. The summed E-state index contributed by atoms with van der Waals surface area (Å²) in [5.41, 5.74) is 2.89. The Balaban J connectivity index is 1.72. The minimum atomic E-state index is -3.56. The number of sulfonamides is 1. The summed E-state index contributed by atoms with van der Waals surface area (Å²) >= 11 is 0. The SMILES string of the molecule is N#Cc1ccc(-c2cnc3nc2NCCCCNS(=O)(=O)c2cccc(c2)N3)cc1. The Kier molecular flexibility index (Phi) is 5.61. The zero-order valence-corrected chi connectivity index (χ0v) is 16.9. The highest BCUT2D eigenvalue weighted by Crippen LogP contribution is 2.28. The van der Waals surface area contributed by atoms with Crippen LogP contribution in [0, 0.1) is 11.3 Å². The van der Waals surface area contributed by atoms with E-state index in [0.29, 0.717) is 42.5 Å². The molecule has 9 heteroatoms. The number of benzene rings is 2. The fourth-order valence-corrected chi connectivity index (χ4v) is 4.25. The van der Waals surface area contributed by atoms with E-state index < -0.39 is 10.0 Å². The number of anilines is 3. The van der Waals surface area contributed by atoms with E-state index in [1.165, 1.54) is 0 Å². The van der Waals surface area contributed by atoms with Gasteiger partial charge in [0.15, 0.2) is 0 Å². The largest absolute Gasteiger partial charge is 0.369 e. The van der Waals surface area contributed by atoms with E-state index >= 15 is 0 Å². The van der Waals surface area contributed by atoms with Crippen molar-refractivity contribution in [3.8, 4) is 17.2 Å². The van der Waals surface area contributed by atoms with Crippen LogP contribution in [0.1, 0.15) is 18.4 Å². The second kappa shape index (κ2) is 8.49. The molecule has 4 rings (SSSR count). The third-order valence-corrected chi connectivity index (χ3v) is 6.16. The summed E-state index contributed by atoms with van der Waals surface area (Å²) in [4.78, 5) is 9.19. The minimum absolute atomic E-state index is 0.192. The van der Waals surface area contributed by atoms with E-state index in [0.717, 1.165) is 17.5 Å². The molecule has 2 heterocycles. The normalized spacial score (nSPS) is 15.7. The molecule has 0 amide bonds. The molecule has 0 atom stereocenters. The first-order valence-electron chi connectivity index (χ1n) is 9.53. The van der Waals surface area contributed by atoms with Crippen molar-refractivity contribution in [2.45, 2.75) is 17.7 Å². The molecule has 0 saturated carbocycles. The maximum Gasteiger partial charge on any atom is 0.240 e. The van der Waals surface area contributed by atoms with Gasteiger partial charge in [-0.25, -0.2) is 18.1 Å². The van der Waals surface area contributed by atoms with Crippen LogP contribution in [-0.2, 0) is 10.0 Å². The Morgan fingerprint density at radius 2 is 1.83 bits per heavy atom. The van der Waals surface area contributed by atoms with Crippen LogP contribution >= 0.6 is 0 Å². The highest BCUT2D eigenvalue weighted by Gasteiger charge is 2.15. The van der Waals surface area contributed by atoms with Gasteiger partial charge in [-0.1, -0.05) is 18.2 Å². The van der Waals surface area contributed by atoms with Gasteiger partial charge in [-0.2, -0.15) is 10.2 Å². The molecule has 1 aromatic heterocycles. The molecule has 2 aromatic carbocycles.